The first-order valence-electron chi connectivity index (χ1n) is 17.1. The highest BCUT2D eigenvalue weighted by molar-refractivity contribution is 6.09. The summed E-state index contributed by atoms with van der Waals surface area (Å²) in [6, 6.07) is 57.4. The maximum Gasteiger partial charge on any atom is 0.196 e. The van der Waals surface area contributed by atoms with Crippen LogP contribution in [0.5, 0.6) is 0 Å². The SMILES string of the molecule is [C-]#[N+]c1cccc(C#N)c1-c1cccc(-c2cc(N3c4ccccc4C(C)(C)c4ccccc43)cc(-n3c4ccccc4c4ccccc43)c2)c1. The molecule has 0 N–H and O–H groups in total. The second-order valence-electron chi connectivity index (χ2n) is 13.6. The van der Waals surface area contributed by atoms with Crippen molar-refractivity contribution in [1.82, 2.24) is 4.57 Å². The van der Waals surface area contributed by atoms with Crippen molar-refractivity contribution in [3.05, 3.63) is 186 Å². The van der Waals surface area contributed by atoms with Crippen LogP contribution in [0.2, 0.25) is 0 Å². The number of benzene rings is 7. The number of rotatable bonds is 4. The summed E-state index contributed by atoms with van der Waals surface area (Å²) in [7, 11) is 0. The van der Waals surface area contributed by atoms with Gasteiger partial charge in [0.15, 0.2) is 5.69 Å². The number of hydrogen-bond acceptors (Lipinski definition) is 2. The topological polar surface area (TPSA) is 36.3 Å². The Morgan fingerprint density at radius 3 is 1.78 bits per heavy atom. The van der Waals surface area contributed by atoms with Crippen LogP contribution in [0.1, 0.15) is 30.5 Å². The molecule has 0 fully saturated rings. The Labute approximate surface area is 297 Å². The van der Waals surface area contributed by atoms with Gasteiger partial charge in [-0.2, -0.15) is 5.26 Å². The van der Waals surface area contributed by atoms with Crippen LogP contribution < -0.4 is 4.90 Å². The van der Waals surface area contributed by atoms with Crippen molar-refractivity contribution in [2.75, 3.05) is 4.90 Å². The highest BCUT2D eigenvalue weighted by atomic mass is 15.2. The van der Waals surface area contributed by atoms with E-state index in [0.717, 1.165) is 50.5 Å². The molecule has 0 unspecified atom stereocenters. The summed E-state index contributed by atoms with van der Waals surface area (Å²) in [6.07, 6.45) is 0. The molecule has 2 heterocycles. The second kappa shape index (κ2) is 11.6. The van der Waals surface area contributed by atoms with Crippen molar-refractivity contribution in [2.45, 2.75) is 19.3 Å². The maximum absolute atomic E-state index is 10.0. The van der Waals surface area contributed by atoms with Gasteiger partial charge in [0, 0.05) is 38.7 Å². The van der Waals surface area contributed by atoms with E-state index < -0.39 is 0 Å². The normalized spacial score (nSPS) is 13.0. The van der Waals surface area contributed by atoms with Gasteiger partial charge in [0.1, 0.15) is 0 Å². The first-order valence-corrected chi connectivity index (χ1v) is 17.1. The summed E-state index contributed by atoms with van der Waals surface area (Å²) in [5, 5.41) is 12.4. The fraction of sp³-hybridized carbons (Fsp3) is 0.0638. The van der Waals surface area contributed by atoms with E-state index in [4.69, 9.17) is 6.57 Å². The van der Waals surface area contributed by atoms with Crippen LogP contribution in [0, 0.1) is 17.9 Å². The van der Waals surface area contributed by atoms with Crippen LogP contribution >= 0.6 is 0 Å². The van der Waals surface area contributed by atoms with Gasteiger partial charge < -0.3 is 9.47 Å². The van der Waals surface area contributed by atoms with Gasteiger partial charge >= 0.3 is 0 Å². The molecule has 8 aromatic rings. The Hall–Kier alpha value is -6.88. The summed E-state index contributed by atoms with van der Waals surface area (Å²) in [5.41, 5.74) is 13.5. The average molecular weight is 653 g/mol. The lowest BCUT2D eigenvalue weighted by molar-refractivity contribution is 0.632. The van der Waals surface area contributed by atoms with E-state index in [2.05, 4.69) is 162 Å². The monoisotopic (exact) mass is 652 g/mol. The van der Waals surface area contributed by atoms with Crippen LogP contribution in [-0.4, -0.2) is 4.57 Å². The first kappa shape index (κ1) is 30.2. The molecule has 240 valence electrons. The number of anilines is 3. The number of hydrogen-bond donors (Lipinski definition) is 0. The number of nitrogens with zero attached hydrogens (tertiary/aromatic N) is 4. The van der Waals surface area contributed by atoms with Crippen molar-refractivity contribution < 1.29 is 0 Å². The van der Waals surface area contributed by atoms with Crippen LogP contribution in [0.15, 0.2) is 158 Å². The van der Waals surface area contributed by atoms with Gasteiger partial charge in [-0.15, -0.1) is 0 Å². The van der Waals surface area contributed by atoms with E-state index in [1.807, 2.05) is 12.1 Å². The molecule has 0 radical (unpaired) electrons. The van der Waals surface area contributed by atoms with Gasteiger partial charge in [-0.1, -0.05) is 117 Å². The first-order chi connectivity index (χ1) is 25.0. The average Bonchev–Trinajstić information content (AvgIpc) is 3.52. The molecule has 9 rings (SSSR count). The molecular weight excluding hydrogens is 621 g/mol. The highest BCUT2D eigenvalue weighted by Crippen LogP contribution is 2.52. The molecule has 0 aliphatic carbocycles. The lowest BCUT2D eigenvalue weighted by Gasteiger charge is -2.42. The second-order valence-corrected chi connectivity index (χ2v) is 13.6. The molecule has 0 saturated carbocycles. The number of fused-ring (bicyclic) bond motifs is 5. The summed E-state index contributed by atoms with van der Waals surface area (Å²) < 4.78 is 2.37. The molecule has 0 amide bonds. The predicted octanol–water partition coefficient (Wildman–Crippen LogP) is 12.6. The van der Waals surface area contributed by atoms with Gasteiger partial charge in [-0.25, -0.2) is 4.85 Å². The number of para-hydroxylation sites is 4. The van der Waals surface area contributed by atoms with Crippen molar-refractivity contribution in [3.63, 3.8) is 0 Å². The minimum Gasteiger partial charge on any atom is -0.310 e. The van der Waals surface area contributed by atoms with E-state index in [1.165, 1.54) is 21.9 Å². The van der Waals surface area contributed by atoms with Gasteiger partial charge in [-0.05, 0) is 82.4 Å². The van der Waals surface area contributed by atoms with Crippen LogP contribution in [0.4, 0.5) is 22.7 Å². The van der Waals surface area contributed by atoms with Gasteiger partial charge in [-0.3, -0.25) is 0 Å². The molecule has 1 aliphatic rings. The van der Waals surface area contributed by atoms with Crippen LogP contribution in [-0.2, 0) is 5.41 Å². The van der Waals surface area contributed by atoms with E-state index in [1.54, 1.807) is 18.2 Å². The molecule has 0 atom stereocenters. The Morgan fingerprint density at radius 2 is 1.14 bits per heavy atom. The Morgan fingerprint density at radius 1 is 0.569 bits per heavy atom. The molecule has 7 aromatic carbocycles. The third kappa shape index (κ3) is 4.66. The quantitative estimate of drug-likeness (QED) is 0.177. The highest BCUT2D eigenvalue weighted by Gasteiger charge is 2.36. The minimum absolute atomic E-state index is 0.181. The maximum atomic E-state index is 10.0. The Kier molecular flexibility index (Phi) is 6.88. The molecule has 0 bridgehead atoms. The van der Waals surface area contributed by atoms with Crippen LogP contribution in [0.25, 0.3) is 54.6 Å². The molecule has 4 heteroatoms. The fourth-order valence-electron chi connectivity index (χ4n) is 8.05. The molecule has 0 saturated heterocycles. The van der Waals surface area contributed by atoms with Gasteiger partial charge in [0.2, 0.25) is 0 Å². The van der Waals surface area contributed by atoms with E-state index in [-0.39, 0.29) is 5.41 Å². The van der Waals surface area contributed by atoms with E-state index >= 15 is 0 Å². The summed E-state index contributed by atoms with van der Waals surface area (Å²) in [6.45, 7) is 12.5. The van der Waals surface area contributed by atoms with Crippen molar-refractivity contribution >= 4 is 44.6 Å². The summed E-state index contributed by atoms with van der Waals surface area (Å²) in [4.78, 5) is 6.19. The Balaban J connectivity index is 1.35. The van der Waals surface area contributed by atoms with Crippen molar-refractivity contribution in [1.29, 1.82) is 5.26 Å². The van der Waals surface area contributed by atoms with Crippen molar-refractivity contribution in [3.8, 4) is 34.0 Å². The zero-order valence-electron chi connectivity index (χ0n) is 28.3. The Bertz CT molecular complexity index is 2630. The molecule has 51 heavy (non-hydrogen) atoms. The standard InChI is InChI=1S/C47H32N4/c1-47(2)39-19-6-10-24-44(39)51(45-25-11-7-20-40(45)47)36-28-34(31-14-12-15-32(26-31)46-33(30-48)16-13-21-41(46)49-3)27-35(29-36)50-42-22-8-4-17-37(42)38-18-5-9-23-43(38)50/h4-29H,1-2H3. The predicted molar refractivity (Wildman–Crippen MR) is 209 cm³/mol. The lowest BCUT2D eigenvalue weighted by atomic mass is 9.73. The smallest absolute Gasteiger partial charge is 0.196 e. The minimum atomic E-state index is -0.181. The third-order valence-corrected chi connectivity index (χ3v) is 10.4. The number of aromatic nitrogens is 1. The zero-order chi connectivity index (χ0) is 34.7. The van der Waals surface area contributed by atoms with Crippen molar-refractivity contribution in [2.24, 2.45) is 0 Å². The largest absolute Gasteiger partial charge is 0.310 e. The number of nitriles is 1. The van der Waals surface area contributed by atoms with Crippen LogP contribution in [0.3, 0.4) is 0 Å². The molecule has 4 nitrogen and oxygen atoms in total. The van der Waals surface area contributed by atoms with E-state index in [9.17, 15) is 5.26 Å². The molecule has 1 aromatic heterocycles. The molecule has 0 spiro atoms. The zero-order valence-corrected chi connectivity index (χ0v) is 28.3. The fourth-order valence-corrected chi connectivity index (χ4v) is 8.05. The summed E-state index contributed by atoms with van der Waals surface area (Å²) >= 11 is 0. The van der Waals surface area contributed by atoms with Gasteiger partial charge in [0.25, 0.3) is 0 Å². The molecule has 1 aliphatic heterocycles. The molecular formula is C47H32N4. The summed E-state index contributed by atoms with van der Waals surface area (Å²) in [5.74, 6) is 0. The lowest BCUT2D eigenvalue weighted by Crippen LogP contribution is -2.30. The van der Waals surface area contributed by atoms with Gasteiger partial charge in [0.05, 0.1) is 35.0 Å². The van der Waals surface area contributed by atoms with E-state index in [0.29, 0.717) is 16.8 Å². The third-order valence-electron chi connectivity index (χ3n) is 10.4.